The molecule has 0 spiro atoms. The Bertz CT molecular complexity index is 727. The predicted octanol–water partition coefficient (Wildman–Crippen LogP) is 3.82. The van der Waals surface area contributed by atoms with Crippen LogP contribution in [0.15, 0.2) is 18.2 Å². The van der Waals surface area contributed by atoms with Gasteiger partial charge in [-0.2, -0.15) is 0 Å². The van der Waals surface area contributed by atoms with E-state index in [0.29, 0.717) is 23.7 Å². The molecule has 1 atom stereocenters. The van der Waals surface area contributed by atoms with E-state index < -0.39 is 5.41 Å². The van der Waals surface area contributed by atoms with Gasteiger partial charge >= 0.3 is 0 Å². The molecule has 0 aliphatic carbocycles. The lowest BCUT2D eigenvalue weighted by molar-refractivity contribution is -0.123. The predicted molar refractivity (Wildman–Crippen MR) is 116 cm³/mol. The molecular weight excluding hydrogens is 366 g/mol. The van der Waals surface area contributed by atoms with Gasteiger partial charge in [-0.25, -0.2) is 0 Å². The summed E-state index contributed by atoms with van der Waals surface area (Å²) in [6, 6.07) is 5.67. The molecule has 6 nitrogen and oxygen atoms in total. The van der Waals surface area contributed by atoms with Gasteiger partial charge in [-0.05, 0) is 49.8 Å². The summed E-state index contributed by atoms with van der Waals surface area (Å²) < 4.78 is 5.63. The number of nitrogens with zero attached hydrogens (tertiary/aromatic N) is 1. The van der Waals surface area contributed by atoms with Crippen LogP contribution in [0.4, 0.5) is 11.4 Å². The Balaban J connectivity index is 1.80. The number of hydrogen-bond acceptors (Lipinski definition) is 4. The van der Waals surface area contributed by atoms with Gasteiger partial charge < -0.3 is 20.3 Å². The largest absolute Gasteiger partial charge is 0.376 e. The standard InChI is InChI=1S/C23H35N3O3/c1-16-9-11-26(12-10-16)20-8-7-17(25-22(28)23(2,3)4)14-19(20)21(27)24-15-18-6-5-13-29-18/h7-8,14,16,18H,5-6,9-13,15H2,1-4H3,(H,24,27)(H,25,28)/t18-/m0/s1. The molecule has 1 aromatic carbocycles. The lowest BCUT2D eigenvalue weighted by Crippen LogP contribution is -2.36. The lowest BCUT2D eigenvalue weighted by atomic mass is 9.95. The molecule has 3 rings (SSSR count). The number of ether oxygens (including phenoxy) is 1. The molecule has 2 amide bonds. The summed E-state index contributed by atoms with van der Waals surface area (Å²) in [6.45, 7) is 11.1. The Labute approximate surface area is 174 Å². The quantitative estimate of drug-likeness (QED) is 0.787. The van der Waals surface area contributed by atoms with Gasteiger partial charge in [0.1, 0.15) is 0 Å². The van der Waals surface area contributed by atoms with Crippen molar-refractivity contribution in [3.8, 4) is 0 Å². The first-order valence-corrected chi connectivity index (χ1v) is 10.8. The smallest absolute Gasteiger partial charge is 0.253 e. The zero-order valence-corrected chi connectivity index (χ0v) is 18.2. The maximum absolute atomic E-state index is 13.1. The molecule has 1 aromatic rings. The molecular formula is C23H35N3O3. The van der Waals surface area contributed by atoms with Crippen molar-refractivity contribution < 1.29 is 14.3 Å². The van der Waals surface area contributed by atoms with Crippen molar-refractivity contribution in [3.63, 3.8) is 0 Å². The number of piperidine rings is 1. The van der Waals surface area contributed by atoms with Crippen LogP contribution in [-0.2, 0) is 9.53 Å². The van der Waals surface area contributed by atoms with Crippen LogP contribution in [0.2, 0.25) is 0 Å². The number of carbonyl (C=O) groups excluding carboxylic acids is 2. The molecule has 2 fully saturated rings. The fraction of sp³-hybridized carbons (Fsp3) is 0.652. The fourth-order valence-electron chi connectivity index (χ4n) is 3.75. The fourth-order valence-corrected chi connectivity index (χ4v) is 3.75. The van der Waals surface area contributed by atoms with Gasteiger partial charge in [-0.3, -0.25) is 9.59 Å². The summed E-state index contributed by atoms with van der Waals surface area (Å²) in [6.07, 6.45) is 4.38. The van der Waals surface area contributed by atoms with Crippen molar-refractivity contribution in [2.24, 2.45) is 11.3 Å². The summed E-state index contributed by atoms with van der Waals surface area (Å²) in [7, 11) is 0. The second kappa shape index (κ2) is 9.16. The van der Waals surface area contributed by atoms with Crippen LogP contribution in [0, 0.1) is 11.3 Å². The maximum atomic E-state index is 13.1. The van der Waals surface area contributed by atoms with Gasteiger partial charge in [0, 0.05) is 43.0 Å². The topological polar surface area (TPSA) is 70.7 Å². The highest BCUT2D eigenvalue weighted by Gasteiger charge is 2.25. The van der Waals surface area contributed by atoms with E-state index in [1.165, 1.54) is 0 Å². The molecule has 2 heterocycles. The summed E-state index contributed by atoms with van der Waals surface area (Å²) in [4.78, 5) is 27.7. The summed E-state index contributed by atoms with van der Waals surface area (Å²) in [5, 5.41) is 5.99. The third-order valence-electron chi connectivity index (χ3n) is 5.82. The first-order chi connectivity index (χ1) is 13.7. The van der Waals surface area contributed by atoms with E-state index in [2.05, 4.69) is 22.5 Å². The Hall–Kier alpha value is -2.08. The molecule has 0 saturated carbocycles. The van der Waals surface area contributed by atoms with Crippen LogP contribution >= 0.6 is 0 Å². The Kier molecular flexibility index (Phi) is 6.83. The second-order valence-electron chi connectivity index (χ2n) is 9.45. The molecule has 0 radical (unpaired) electrons. The summed E-state index contributed by atoms with van der Waals surface area (Å²) in [5.74, 6) is 0.539. The van der Waals surface area contributed by atoms with Crippen molar-refractivity contribution in [3.05, 3.63) is 23.8 Å². The molecule has 0 bridgehead atoms. The molecule has 0 unspecified atom stereocenters. The number of carbonyl (C=O) groups is 2. The molecule has 6 heteroatoms. The van der Waals surface area contributed by atoms with Gasteiger partial charge in [-0.15, -0.1) is 0 Å². The SMILES string of the molecule is CC1CCN(c2ccc(NC(=O)C(C)(C)C)cc2C(=O)NC[C@@H]2CCCO2)CC1. The molecule has 2 aliphatic heterocycles. The average molecular weight is 402 g/mol. The van der Waals surface area contributed by atoms with Crippen LogP contribution in [0.3, 0.4) is 0 Å². The summed E-state index contributed by atoms with van der Waals surface area (Å²) >= 11 is 0. The van der Waals surface area contributed by atoms with E-state index in [0.717, 1.165) is 51.1 Å². The van der Waals surface area contributed by atoms with Gasteiger partial charge in [0.15, 0.2) is 0 Å². The zero-order chi connectivity index (χ0) is 21.0. The first-order valence-electron chi connectivity index (χ1n) is 10.8. The number of rotatable bonds is 5. The number of benzene rings is 1. The monoisotopic (exact) mass is 401 g/mol. The van der Waals surface area contributed by atoms with Crippen LogP contribution in [-0.4, -0.2) is 44.2 Å². The number of amides is 2. The minimum absolute atomic E-state index is 0.0669. The molecule has 160 valence electrons. The van der Waals surface area contributed by atoms with Crippen molar-refractivity contribution in [2.45, 2.75) is 59.5 Å². The molecule has 2 N–H and O–H groups in total. The van der Waals surface area contributed by atoms with Gasteiger partial charge in [-0.1, -0.05) is 27.7 Å². The lowest BCUT2D eigenvalue weighted by Gasteiger charge is -2.33. The third kappa shape index (κ3) is 5.72. The highest BCUT2D eigenvalue weighted by molar-refractivity contribution is 6.02. The minimum Gasteiger partial charge on any atom is -0.376 e. The van der Waals surface area contributed by atoms with E-state index >= 15 is 0 Å². The van der Waals surface area contributed by atoms with Crippen molar-refractivity contribution >= 4 is 23.2 Å². The van der Waals surface area contributed by atoms with E-state index in [1.54, 1.807) is 0 Å². The van der Waals surface area contributed by atoms with E-state index in [4.69, 9.17) is 4.74 Å². The van der Waals surface area contributed by atoms with Crippen molar-refractivity contribution in [1.82, 2.24) is 5.32 Å². The number of anilines is 2. The van der Waals surface area contributed by atoms with E-state index in [1.807, 2.05) is 39.0 Å². The minimum atomic E-state index is -0.496. The molecule has 29 heavy (non-hydrogen) atoms. The zero-order valence-electron chi connectivity index (χ0n) is 18.2. The van der Waals surface area contributed by atoms with Crippen LogP contribution in [0.5, 0.6) is 0 Å². The van der Waals surface area contributed by atoms with Crippen LogP contribution in [0.1, 0.15) is 63.7 Å². The molecule has 2 saturated heterocycles. The Morgan fingerprint density at radius 3 is 2.52 bits per heavy atom. The van der Waals surface area contributed by atoms with Crippen LogP contribution in [0.25, 0.3) is 0 Å². The highest BCUT2D eigenvalue weighted by Crippen LogP contribution is 2.29. The number of nitrogens with one attached hydrogen (secondary N) is 2. The molecule has 0 aromatic heterocycles. The highest BCUT2D eigenvalue weighted by atomic mass is 16.5. The third-order valence-corrected chi connectivity index (χ3v) is 5.82. The van der Waals surface area contributed by atoms with Gasteiger partial charge in [0.25, 0.3) is 5.91 Å². The average Bonchev–Trinajstić information content (AvgIpc) is 3.20. The number of hydrogen-bond donors (Lipinski definition) is 2. The normalized spacial score (nSPS) is 20.6. The van der Waals surface area contributed by atoms with Gasteiger partial charge in [0.2, 0.25) is 5.91 Å². The molecule has 2 aliphatic rings. The maximum Gasteiger partial charge on any atom is 0.253 e. The second-order valence-corrected chi connectivity index (χ2v) is 9.45. The van der Waals surface area contributed by atoms with E-state index in [-0.39, 0.29) is 17.9 Å². The Morgan fingerprint density at radius 1 is 1.17 bits per heavy atom. The van der Waals surface area contributed by atoms with Crippen molar-refractivity contribution in [1.29, 1.82) is 0 Å². The van der Waals surface area contributed by atoms with Crippen LogP contribution < -0.4 is 15.5 Å². The van der Waals surface area contributed by atoms with E-state index in [9.17, 15) is 9.59 Å². The first kappa shape index (κ1) is 21.6. The van der Waals surface area contributed by atoms with Gasteiger partial charge in [0.05, 0.1) is 11.7 Å². The Morgan fingerprint density at radius 2 is 1.90 bits per heavy atom. The summed E-state index contributed by atoms with van der Waals surface area (Å²) in [5.41, 5.74) is 1.71. The van der Waals surface area contributed by atoms with Crippen molar-refractivity contribution in [2.75, 3.05) is 36.5 Å².